The Morgan fingerprint density at radius 3 is 2.55 bits per heavy atom. The van der Waals surface area contributed by atoms with Crippen molar-refractivity contribution in [1.29, 1.82) is 0 Å². The van der Waals surface area contributed by atoms with Crippen LogP contribution < -0.4 is 11.1 Å². The van der Waals surface area contributed by atoms with Gasteiger partial charge in [0.2, 0.25) is 0 Å². The summed E-state index contributed by atoms with van der Waals surface area (Å²) < 4.78 is 15.7. The van der Waals surface area contributed by atoms with Crippen LogP contribution in [0.25, 0.3) is 22.6 Å². The van der Waals surface area contributed by atoms with Gasteiger partial charge in [-0.15, -0.1) is 0 Å². The first kappa shape index (κ1) is 21.8. The van der Waals surface area contributed by atoms with Crippen LogP contribution in [0.2, 0.25) is 5.02 Å². The van der Waals surface area contributed by atoms with Crippen LogP contribution in [-0.4, -0.2) is 15.9 Å². The van der Waals surface area contributed by atoms with Crippen molar-refractivity contribution in [2.24, 2.45) is 0 Å². The highest BCUT2D eigenvalue weighted by molar-refractivity contribution is 14.1. The van der Waals surface area contributed by atoms with Crippen LogP contribution in [0.5, 0.6) is 0 Å². The van der Waals surface area contributed by atoms with Crippen LogP contribution in [0.15, 0.2) is 65.3 Å². The molecule has 4 rings (SSSR count). The van der Waals surface area contributed by atoms with Crippen LogP contribution in [-0.2, 0) is 0 Å². The van der Waals surface area contributed by atoms with Crippen molar-refractivity contribution < 1.29 is 9.18 Å². The summed E-state index contributed by atoms with van der Waals surface area (Å²) in [5, 5.41) is 3.08. The normalized spacial score (nSPS) is 10.8. The Morgan fingerprint density at radius 1 is 1.13 bits per heavy atom. The molecule has 0 spiro atoms. The van der Waals surface area contributed by atoms with Gasteiger partial charge in [-0.3, -0.25) is 4.79 Å². The monoisotopic (exact) mass is 610 g/mol. The van der Waals surface area contributed by atoms with Gasteiger partial charge in [-0.05, 0) is 74.9 Å². The van der Waals surface area contributed by atoms with Crippen molar-refractivity contribution in [1.82, 2.24) is 9.97 Å². The number of carbonyl (C=O) groups excluding carboxylic acids is 1. The number of para-hydroxylation sites is 1. The van der Waals surface area contributed by atoms with E-state index in [2.05, 4.69) is 53.8 Å². The molecule has 4 aromatic rings. The number of halogens is 4. The molecule has 9 heteroatoms. The number of anilines is 2. The number of nitrogens with one attached hydrogen (secondary N) is 2. The minimum atomic E-state index is -0.470. The molecule has 0 radical (unpaired) electrons. The van der Waals surface area contributed by atoms with E-state index in [1.165, 1.54) is 12.1 Å². The van der Waals surface area contributed by atoms with E-state index in [9.17, 15) is 9.18 Å². The third-order valence-corrected chi connectivity index (χ3v) is 6.41. The molecule has 1 heterocycles. The molecular formula is C22H14BrClFIN4O. The molecule has 156 valence electrons. The Bertz CT molecular complexity index is 1270. The highest BCUT2D eigenvalue weighted by Crippen LogP contribution is 2.34. The molecule has 0 fully saturated rings. The summed E-state index contributed by atoms with van der Waals surface area (Å²) in [4.78, 5) is 20.1. The lowest BCUT2D eigenvalue weighted by Crippen LogP contribution is -2.13. The lowest BCUT2D eigenvalue weighted by atomic mass is 10.1. The summed E-state index contributed by atoms with van der Waals surface area (Å²) >= 11 is 11.7. The molecule has 0 aliphatic carbocycles. The van der Waals surface area contributed by atoms with Gasteiger partial charge in [0, 0.05) is 14.7 Å². The number of aromatic nitrogens is 2. The van der Waals surface area contributed by atoms with Crippen LogP contribution in [0, 0.1) is 9.39 Å². The largest absolute Gasteiger partial charge is 0.396 e. The number of hydrogen-bond donors (Lipinski definition) is 3. The third-order valence-electron chi connectivity index (χ3n) is 4.58. The number of aromatic amines is 1. The summed E-state index contributed by atoms with van der Waals surface area (Å²) in [7, 11) is 0. The predicted molar refractivity (Wildman–Crippen MR) is 134 cm³/mol. The first-order valence-electron chi connectivity index (χ1n) is 9.01. The Hall–Kier alpha value is -2.43. The zero-order chi connectivity index (χ0) is 22.1. The van der Waals surface area contributed by atoms with E-state index in [0.717, 1.165) is 9.13 Å². The van der Waals surface area contributed by atoms with Gasteiger partial charge in [0.15, 0.2) is 0 Å². The smallest absolute Gasteiger partial charge is 0.255 e. The zero-order valence-electron chi connectivity index (χ0n) is 15.7. The average Bonchev–Trinajstić information content (AvgIpc) is 3.12. The maximum absolute atomic E-state index is 14.2. The quantitative estimate of drug-likeness (QED) is 0.177. The molecule has 0 aliphatic heterocycles. The SMILES string of the molecule is Nc1c(I)cccc1NC(=O)c1ccc(-c2nc(-c3c(F)cccc3Cl)[nH]c2Br)cc1. The van der Waals surface area contributed by atoms with Crippen LogP contribution in [0.1, 0.15) is 10.4 Å². The van der Waals surface area contributed by atoms with E-state index in [0.29, 0.717) is 33.1 Å². The van der Waals surface area contributed by atoms with Gasteiger partial charge in [-0.2, -0.15) is 0 Å². The highest BCUT2D eigenvalue weighted by Gasteiger charge is 2.17. The molecule has 1 amide bonds. The maximum Gasteiger partial charge on any atom is 0.255 e. The van der Waals surface area contributed by atoms with Crippen molar-refractivity contribution in [3.8, 4) is 22.6 Å². The second-order valence-electron chi connectivity index (χ2n) is 6.58. The number of nitrogens with zero attached hydrogens (tertiary/aromatic N) is 1. The Morgan fingerprint density at radius 2 is 1.84 bits per heavy atom. The van der Waals surface area contributed by atoms with Gasteiger partial charge in [0.1, 0.15) is 21.9 Å². The van der Waals surface area contributed by atoms with E-state index >= 15 is 0 Å². The number of nitrogen functional groups attached to an aromatic ring is 1. The number of benzene rings is 3. The fraction of sp³-hybridized carbons (Fsp3) is 0. The zero-order valence-corrected chi connectivity index (χ0v) is 20.2. The molecule has 0 aliphatic rings. The van der Waals surface area contributed by atoms with Gasteiger partial charge in [0.05, 0.1) is 22.0 Å². The summed E-state index contributed by atoms with van der Waals surface area (Å²) in [6, 6.07) is 16.8. The summed E-state index contributed by atoms with van der Waals surface area (Å²) in [6.45, 7) is 0. The van der Waals surface area contributed by atoms with Crippen LogP contribution in [0.3, 0.4) is 0 Å². The second kappa shape index (κ2) is 8.97. The Balaban J connectivity index is 1.59. The topological polar surface area (TPSA) is 83.8 Å². The van der Waals surface area contributed by atoms with Gasteiger partial charge in [-0.25, -0.2) is 9.37 Å². The molecular weight excluding hydrogens is 598 g/mol. The van der Waals surface area contributed by atoms with E-state index in [1.54, 1.807) is 36.4 Å². The number of rotatable bonds is 4. The fourth-order valence-corrected chi connectivity index (χ4v) is 4.26. The first-order chi connectivity index (χ1) is 14.8. The fourth-order valence-electron chi connectivity index (χ4n) is 3.01. The van der Waals surface area contributed by atoms with E-state index in [1.807, 2.05) is 12.1 Å². The molecule has 3 aromatic carbocycles. The van der Waals surface area contributed by atoms with Crippen molar-refractivity contribution in [2.45, 2.75) is 0 Å². The van der Waals surface area contributed by atoms with Crippen molar-refractivity contribution >= 4 is 67.4 Å². The molecule has 0 saturated carbocycles. The second-order valence-corrected chi connectivity index (χ2v) is 8.94. The molecule has 4 N–H and O–H groups in total. The highest BCUT2D eigenvalue weighted by atomic mass is 127. The summed E-state index contributed by atoms with van der Waals surface area (Å²) in [6.07, 6.45) is 0. The minimum Gasteiger partial charge on any atom is -0.396 e. The number of imidazole rings is 1. The number of nitrogens with two attached hydrogens (primary N) is 1. The molecule has 5 nitrogen and oxygen atoms in total. The molecule has 1 aromatic heterocycles. The number of H-pyrrole nitrogens is 1. The van der Waals surface area contributed by atoms with Crippen LogP contribution >= 0.6 is 50.1 Å². The summed E-state index contributed by atoms with van der Waals surface area (Å²) in [5.74, 6) is -0.441. The first-order valence-corrected chi connectivity index (χ1v) is 11.3. The maximum atomic E-state index is 14.2. The summed E-state index contributed by atoms with van der Waals surface area (Å²) in [5.41, 5.74) is 9.08. The Labute approximate surface area is 204 Å². The standard InChI is InChI=1S/C22H14BrClFIN4O/c23-20-19(29-21(30-20)17-13(24)3-1-4-14(17)25)11-7-9-12(10-8-11)22(31)28-16-6-2-5-15(26)18(16)27/h1-10H,27H2,(H,28,31)(H,29,30). The van der Waals surface area contributed by atoms with E-state index in [4.69, 9.17) is 17.3 Å². The number of amides is 1. The van der Waals surface area contributed by atoms with E-state index in [-0.39, 0.29) is 16.5 Å². The number of hydrogen-bond acceptors (Lipinski definition) is 3. The van der Waals surface area contributed by atoms with Crippen LogP contribution in [0.4, 0.5) is 15.8 Å². The van der Waals surface area contributed by atoms with Crippen molar-refractivity contribution in [2.75, 3.05) is 11.1 Å². The molecule has 0 unspecified atom stereocenters. The minimum absolute atomic E-state index is 0.196. The van der Waals surface area contributed by atoms with Gasteiger partial charge in [0.25, 0.3) is 5.91 Å². The molecule has 0 bridgehead atoms. The molecule has 0 saturated heterocycles. The third kappa shape index (κ3) is 4.46. The van der Waals surface area contributed by atoms with Gasteiger partial charge < -0.3 is 16.0 Å². The lowest BCUT2D eigenvalue weighted by Gasteiger charge is -2.09. The van der Waals surface area contributed by atoms with Gasteiger partial charge >= 0.3 is 0 Å². The number of carbonyl (C=O) groups is 1. The van der Waals surface area contributed by atoms with Gasteiger partial charge in [-0.1, -0.05) is 35.9 Å². The predicted octanol–water partition coefficient (Wildman–Crippen LogP) is 6.74. The lowest BCUT2D eigenvalue weighted by molar-refractivity contribution is 0.102. The van der Waals surface area contributed by atoms with E-state index < -0.39 is 5.82 Å². The Kier molecular flexibility index (Phi) is 6.31. The molecule has 31 heavy (non-hydrogen) atoms. The van der Waals surface area contributed by atoms with Crippen molar-refractivity contribution in [3.63, 3.8) is 0 Å². The van der Waals surface area contributed by atoms with Crippen molar-refractivity contribution in [3.05, 3.63) is 85.2 Å². The molecule has 0 atom stereocenters. The average molecular weight is 612 g/mol.